The van der Waals surface area contributed by atoms with Gasteiger partial charge in [0, 0.05) is 55.6 Å². The number of hydrogen-bond acceptors (Lipinski definition) is 3. The van der Waals surface area contributed by atoms with Crippen LogP contribution in [0.5, 0.6) is 0 Å². The molecule has 9 aromatic carbocycles. The van der Waals surface area contributed by atoms with E-state index in [1.54, 1.807) is 0 Å². The van der Waals surface area contributed by atoms with Crippen LogP contribution < -0.4 is 9.80 Å². The summed E-state index contributed by atoms with van der Waals surface area (Å²) in [7, 11) is 0. The molecule has 0 aliphatic heterocycles. The topological polar surface area (TPSA) is 19.6 Å². The van der Waals surface area contributed by atoms with Gasteiger partial charge in [-0.1, -0.05) is 135 Å². The molecule has 0 spiro atoms. The van der Waals surface area contributed by atoms with Crippen LogP contribution in [0.25, 0.3) is 66.1 Å². The molecule has 0 bridgehead atoms. The zero-order valence-corrected chi connectivity index (χ0v) is 32.3. The molecule has 2 aliphatic carbocycles. The summed E-state index contributed by atoms with van der Waals surface area (Å²) in [5.74, 6) is 0. The Morgan fingerprint density at radius 3 is 1.69 bits per heavy atom. The Kier molecular flexibility index (Phi) is 6.98. The SMILES string of the molecule is CC1(C)c2ccccc2-c2cc(N(c3ccccc3)c3cc(N(c4ccccc4)c4ccccc4)cc4c3-c3cccc5oc6ccc7cccc-4c7c6c35)ccc21. The van der Waals surface area contributed by atoms with Crippen LogP contribution in [0.2, 0.25) is 0 Å². The summed E-state index contributed by atoms with van der Waals surface area (Å²) in [5.41, 5.74) is 18.3. The Balaban J connectivity index is 1.24. The molecule has 0 amide bonds. The van der Waals surface area contributed by atoms with Crippen molar-refractivity contribution >= 4 is 66.8 Å². The maximum absolute atomic E-state index is 6.67. The lowest BCUT2D eigenvalue weighted by atomic mass is 9.82. The van der Waals surface area contributed by atoms with Gasteiger partial charge in [-0.3, -0.25) is 0 Å². The first kappa shape index (κ1) is 32.8. The van der Waals surface area contributed by atoms with Crippen LogP contribution in [0.4, 0.5) is 34.1 Å². The quantitative estimate of drug-likeness (QED) is 0.169. The average Bonchev–Trinajstić information content (AvgIpc) is 3.72. The van der Waals surface area contributed by atoms with Crippen molar-refractivity contribution < 1.29 is 4.42 Å². The van der Waals surface area contributed by atoms with E-state index in [-0.39, 0.29) is 5.41 Å². The summed E-state index contributed by atoms with van der Waals surface area (Å²) in [6.07, 6.45) is 0. The summed E-state index contributed by atoms with van der Waals surface area (Å²) >= 11 is 0. The molecular formula is C55H38N2O. The lowest BCUT2D eigenvalue weighted by Crippen LogP contribution is -2.16. The van der Waals surface area contributed by atoms with Crippen LogP contribution in [0, 0.1) is 0 Å². The number of hydrogen-bond donors (Lipinski definition) is 0. The molecule has 0 unspecified atom stereocenters. The second-order valence-corrected chi connectivity index (χ2v) is 16.1. The molecule has 0 saturated heterocycles. The Bertz CT molecular complexity index is 3210. The molecule has 58 heavy (non-hydrogen) atoms. The lowest BCUT2D eigenvalue weighted by Gasteiger charge is -2.33. The van der Waals surface area contributed by atoms with Gasteiger partial charge in [0.1, 0.15) is 11.2 Å². The maximum Gasteiger partial charge on any atom is 0.136 e. The highest BCUT2D eigenvalue weighted by Crippen LogP contribution is 2.57. The average molecular weight is 743 g/mol. The number of furan rings is 1. The molecule has 0 radical (unpaired) electrons. The van der Waals surface area contributed by atoms with Crippen LogP contribution in [-0.4, -0.2) is 0 Å². The third-order valence-corrected chi connectivity index (χ3v) is 12.5. The summed E-state index contributed by atoms with van der Waals surface area (Å²) in [6.45, 7) is 4.70. The Morgan fingerprint density at radius 2 is 0.948 bits per heavy atom. The van der Waals surface area contributed by atoms with E-state index < -0.39 is 0 Å². The first-order valence-corrected chi connectivity index (χ1v) is 20.1. The summed E-state index contributed by atoms with van der Waals surface area (Å²) < 4.78 is 6.67. The van der Waals surface area contributed by atoms with E-state index in [4.69, 9.17) is 4.42 Å². The molecule has 1 aromatic heterocycles. The minimum atomic E-state index is -0.0995. The third-order valence-electron chi connectivity index (χ3n) is 12.5. The van der Waals surface area contributed by atoms with Gasteiger partial charge in [0.2, 0.25) is 0 Å². The number of anilines is 6. The molecule has 0 saturated carbocycles. The predicted molar refractivity (Wildman–Crippen MR) is 243 cm³/mol. The Labute approximate surface area is 337 Å². The van der Waals surface area contributed by atoms with E-state index in [0.717, 1.165) is 56.2 Å². The number of para-hydroxylation sites is 3. The molecule has 274 valence electrons. The van der Waals surface area contributed by atoms with Crippen molar-refractivity contribution in [2.75, 3.05) is 9.80 Å². The zero-order valence-electron chi connectivity index (χ0n) is 32.3. The number of nitrogens with zero attached hydrogens (tertiary/aromatic N) is 2. The summed E-state index contributed by atoms with van der Waals surface area (Å²) in [4.78, 5) is 4.88. The van der Waals surface area contributed by atoms with E-state index in [1.165, 1.54) is 55.1 Å². The monoisotopic (exact) mass is 742 g/mol. The molecule has 3 nitrogen and oxygen atoms in total. The number of fused-ring (bicyclic) bond motifs is 6. The molecule has 2 aliphatic rings. The fourth-order valence-electron chi connectivity index (χ4n) is 9.98. The van der Waals surface area contributed by atoms with E-state index >= 15 is 0 Å². The zero-order chi connectivity index (χ0) is 38.5. The van der Waals surface area contributed by atoms with Crippen LogP contribution in [0.15, 0.2) is 199 Å². The summed E-state index contributed by atoms with van der Waals surface area (Å²) in [6, 6.07) is 70.8. The second kappa shape index (κ2) is 12.3. The Hall–Kier alpha value is -7.36. The third kappa shape index (κ3) is 4.68. The van der Waals surface area contributed by atoms with Crippen molar-refractivity contribution in [2.45, 2.75) is 19.3 Å². The van der Waals surface area contributed by atoms with Crippen LogP contribution in [-0.2, 0) is 5.41 Å². The fraction of sp³-hybridized carbons (Fsp3) is 0.0545. The molecule has 3 heteroatoms. The van der Waals surface area contributed by atoms with Crippen LogP contribution in [0.1, 0.15) is 25.0 Å². The Morgan fingerprint density at radius 1 is 0.362 bits per heavy atom. The standard InChI is InChI=1S/C55H38N2O/c1-55(2)46-26-13-12-23-41(46)44-32-39(29-30-47(44)55)57(38-21-10-5-11-22-38)48-34-40(56(36-17-6-3-7-18-36)37-19-8-4-9-20-37)33-45-42-24-14-16-35-28-31-50-54(51(35)42)53-43(52(45)48)25-15-27-49(53)58-50/h3-34H,1-2H3. The van der Waals surface area contributed by atoms with E-state index in [1.807, 2.05) is 0 Å². The molecule has 1 heterocycles. The highest BCUT2D eigenvalue weighted by molar-refractivity contribution is 6.30. The molecule has 10 aromatic rings. The van der Waals surface area contributed by atoms with E-state index in [9.17, 15) is 0 Å². The minimum absolute atomic E-state index is 0.0995. The first-order valence-electron chi connectivity index (χ1n) is 20.1. The highest BCUT2D eigenvalue weighted by Gasteiger charge is 2.36. The summed E-state index contributed by atoms with van der Waals surface area (Å²) in [5, 5.41) is 4.75. The van der Waals surface area contributed by atoms with Crippen molar-refractivity contribution in [1.29, 1.82) is 0 Å². The van der Waals surface area contributed by atoms with Crippen molar-refractivity contribution in [3.63, 3.8) is 0 Å². The van der Waals surface area contributed by atoms with Gasteiger partial charge in [-0.2, -0.15) is 0 Å². The largest absolute Gasteiger partial charge is 0.456 e. The van der Waals surface area contributed by atoms with Crippen LogP contribution in [0.3, 0.4) is 0 Å². The van der Waals surface area contributed by atoms with Gasteiger partial charge in [-0.05, 0) is 117 Å². The van der Waals surface area contributed by atoms with E-state index in [0.29, 0.717) is 0 Å². The molecule has 12 rings (SSSR count). The van der Waals surface area contributed by atoms with E-state index in [2.05, 4.69) is 218 Å². The van der Waals surface area contributed by atoms with Gasteiger partial charge < -0.3 is 14.2 Å². The molecular weight excluding hydrogens is 705 g/mol. The van der Waals surface area contributed by atoms with Gasteiger partial charge in [0.15, 0.2) is 0 Å². The molecule has 0 N–H and O–H groups in total. The minimum Gasteiger partial charge on any atom is -0.456 e. The van der Waals surface area contributed by atoms with Crippen molar-refractivity contribution in [1.82, 2.24) is 0 Å². The lowest BCUT2D eigenvalue weighted by molar-refractivity contribution is 0.660. The number of benzene rings is 9. The van der Waals surface area contributed by atoms with Crippen molar-refractivity contribution in [3.8, 4) is 33.4 Å². The molecule has 0 fully saturated rings. The second-order valence-electron chi connectivity index (χ2n) is 16.1. The maximum atomic E-state index is 6.67. The van der Waals surface area contributed by atoms with Gasteiger partial charge in [0.25, 0.3) is 0 Å². The van der Waals surface area contributed by atoms with Crippen molar-refractivity contribution in [3.05, 3.63) is 205 Å². The van der Waals surface area contributed by atoms with Gasteiger partial charge >= 0.3 is 0 Å². The highest BCUT2D eigenvalue weighted by atomic mass is 16.3. The smallest absolute Gasteiger partial charge is 0.136 e. The van der Waals surface area contributed by atoms with Crippen LogP contribution >= 0.6 is 0 Å². The normalized spacial score (nSPS) is 13.1. The van der Waals surface area contributed by atoms with Gasteiger partial charge in [-0.25, -0.2) is 0 Å². The van der Waals surface area contributed by atoms with Gasteiger partial charge in [0.05, 0.1) is 5.69 Å². The predicted octanol–water partition coefficient (Wildman–Crippen LogP) is 15.6. The fourth-order valence-corrected chi connectivity index (χ4v) is 9.98. The first-order chi connectivity index (χ1) is 28.5. The van der Waals surface area contributed by atoms with Gasteiger partial charge in [-0.15, -0.1) is 0 Å². The number of rotatable bonds is 6. The molecule has 0 atom stereocenters. The van der Waals surface area contributed by atoms with Crippen molar-refractivity contribution in [2.24, 2.45) is 0 Å².